The molecule has 0 unspecified atom stereocenters. The van der Waals surface area contributed by atoms with E-state index in [1.54, 1.807) is 0 Å². The zero-order valence-corrected chi connectivity index (χ0v) is 19.9. The van der Waals surface area contributed by atoms with Gasteiger partial charge in [0.2, 0.25) is 0 Å². The molecule has 0 spiro atoms. The number of hydrogen-bond acceptors (Lipinski definition) is 5. The normalized spacial score (nSPS) is 16.7. The van der Waals surface area contributed by atoms with Crippen LogP contribution in [0.2, 0.25) is 0 Å². The molecule has 35 heavy (non-hydrogen) atoms. The van der Waals surface area contributed by atoms with Crippen molar-refractivity contribution in [1.29, 1.82) is 0 Å². The molecule has 1 aliphatic carbocycles. The number of ether oxygens (including phenoxy) is 1. The Labute approximate surface area is 204 Å². The van der Waals surface area contributed by atoms with E-state index in [1.165, 1.54) is 24.3 Å². The van der Waals surface area contributed by atoms with Gasteiger partial charge in [0.15, 0.2) is 0 Å². The van der Waals surface area contributed by atoms with Crippen LogP contribution in [0.3, 0.4) is 0 Å². The monoisotopic (exact) mass is 478 g/mol. The lowest BCUT2D eigenvalue weighted by Crippen LogP contribution is -2.45. The van der Waals surface area contributed by atoms with Crippen LogP contribution < -0.4 is 15.7 Å². The summed E-state index contributed by atoms with van der Waals surface area (Å²) in [6, 6.07) is 11.6. The summed E-state index contributed by atoms with van der Waals surface area (Å²) in [5, 5.41) is 4.09. The molecule has 1 saturated heterocycles. The van der Waals surface area contributed by atoms with Crippen LogP contribution in [0.5, 0.6) is 5.75 Å². The second-order valence-electron chi connectivity index (χ2n) is 9.51. The first-order valence-electron chi connectivity index (χ1n) is 12.6. The van der Waals surface area contributed by atoms with Crippen LogP contribution >= 0.6 is 0 Å². The van der Waals surface area contributed by atoms with Crippen LogP contribution in [0.25, 0.3) is 11.0 Å². The fourth-order valence-corrected chi connectivity index (χ4v) is 5.16. The third-order valence-corrected chi connectivity index (χ3v) is 7.11. The summed E-state index contributed by atoms with van der Waals surface area (Å²) >= 11 is 0. The molecule has 0 bridgehead atoms. The first-order valence-corrected chi connectivity index (χ1v) is 12.6. The summed E-state index contributed by atoms with van der Waals surface area (Å²) in [5.41, 5.74) is 2.88. The number of hydrogen-bond donors (Lipinski definition) is 1. The molecule has 2 aliphatic rings. The summed E-state index contributed by atoms with van der Waals surface area (Å²) in [6.45, 7) is 3.35. The molecular weight excluding hydrogens is 447 g/mol. The van der Waals surface area contributed by atoms with Crippen LogP contribution in [0.4, 0.5) is 4.39 Å². The molecule has 1 aromatic heterocycles. The molecular formula is C28H31FN2O4. The fraction of sp³-hybridized carbons (Fsp3) is 0.429. The average Bonchev–Trinajstić information content (AvgIpc) is 2.88. The number of benzene rings is 2. The highest BCUT2D eigenvalue weighted by molar-refractivity contribution is 5.94. The molecule has 0 atom stereocenters. The maximum atomic E-state index is 13.0. The van der Waals surface area contributed by atoms with E-state index in [9.17, 15) is 14.0 Å². The van der Waals surface area contributed by atoms with Crippen LogP contribution in [-0.4, -0.2) is 43.1 Å². The summed E-state index contributed by atoms with van der Waals surface area (Å²) in [7, 11) is 0. The molecule has 7 heteroatoms. The highest BCUT2D eigenvalue weighted by Crippen LogP contribution is 2.29. The Morgan fingerprint density at radius 2 is 1.80 bits per heavy atom. The number of fused-ring (bicyclic) bond motifs is 3. The summed E-state index contributed by atoms with van der Waals surface area (Å²) in [5.74, 6) is 0.229. The Bertz CT molecular complexity index is 1250. The van der Waals surface area contributed by atoms with Crippen LogP contribution in [0, 0.1) is 5.82 Å². The number of carbonyl (C=O) groups is 1. The van der Waals surface area contributed by atoms with Crippen molar-refractivity contribution in [2.45, 2.75) is 51.0 Å². The third-order valence-electron chi connectivity index (χ3n) is 7.11. The second-order valence-corrected chi connectivity index (χ2v) is 9.51. The molecule has 2 aromatic carbocycles. The van der Waals surface area contributed by atoms with Crippen molar-refractivity contribution in [3.05, 3.63) is 75.4 Å². The Balaban J connectivity index is 1.06. The van der Waals surface area contributed by atoms with Crippen molar-refractivity contribution < 1.29 is 18.3 Å². The lowest BCUT2D eigenvalue weighted by Gasteiger charge is -2.32. The Kier molecular flexibility index (Phi) is 7.13. The number of nitrogens with one attached hydrogen (secondary N) is 1. The van der Waals surface area contributed by atoms with Gasteiger partial charge in [0.25, 0.3) is 5.91 Å². The van der Waals surface area contributed by atoms with Crippen LogP contribution in [0.15, 0.2) is 51.7 Å². The quantitative estimate of drug-likeness (QED) is 0.401. The minimum Gasteiger partial charge on any atom is -0.493 e. The molecule has 0 saturated carbocycles. The van der Waals surface area contributed by atoms with Gasteiger partial charge in [-0.3, -0.25) is 4.79 Å². The number of carbonyl (C=O) groups excluding carboxylic acids is 1. The standard InChI is InChI=1S/C28H31FN2O4/c29-20-8-6-19(7-9-20)27(32)30-21-12-15-31(16-13-21)14-3-17-34-22-10-11-24-23-4-1-2-5-25(23)28(33)35-26(24)18-22/h6-11,18,21H,1-5,12-17H2,(H,30,32). The van der Waals surface area contributed by atoms with E-state index in [0.29, 0.717) is 17.8 Å². The predicted molar refractivity (Wildman–Crippen MR) is 133 cm³/mol. The molecule has 1 amide bonds. The largest absolute Gasteiger partial charge is 0.493 e. The number of nitrogens with zero attached hydrogens (tertiary/aromatic N) is 1. The average molecular weight is 479 g/mol. The molecule has 1 aliphatic heterocycles. The Morgan fingerprint density at radius 1 is 1.06 bits per heavy atom. The number of piperidine rings is 1. The molecule has 3 aromatic rings. The third kappa shape index (κ3) is 5.56. The number of rotatable bonds is 7. The first kappa shape index (κ1) is 23.5. The van der Waals surface area contributed by atoms with E-state index < -0.39 is 0 Å². The van der Waals surface area contributed by atoms with E-state index in [2.05, 4.69) is 10.2 Å². The van der Waals surface area contributed by atoms with Crippen molar-refractivity contribution >= 4 is 16.9 Å². The second kappa shape index (κ2) is 10.6. The summed E-state index contributed by atoms with van der Waals surface area (Å²) in [4.78, 5) is 27.1. The molecule has 1 N–H and O–H groups in total. The smallest absolute Gasteiger partial charge is 0.339 e. The molecule has 0 radical (unpaired) electrons. The van der Waals surface area contributed by atoms with Gasteiger partial charge in [-0.05, 0) is 86.9 Å². The number of halogens is 1. The van der Waals surface area contributed by atoms with E-state index in [4.69, 9.17) is 9.15 Å². The summed E-state index contributed by atoms with van der Waals surface area (Å²) < 4.78 is 24.6. The maximum Gasteiger partial charge on any atom is 0.339 e. The lowest BCUT2D eigenvalue weighted by molar-refractivity contribution is 0.0909. The zero-order valence-electron chi connectivity index (χ0n) is 19.9. The minimum atomic E-state index is -0.343. The Morgan fingerprint density at radius 3 is 2.57 bits per heavy atom. The highest BCUT2D eigenvalue weighted by Gasteiger charge is 2.21. The van der Waals surface area contributed by atoms with Gasteiger partial charge in [-0.25, -0.2) is 9.18 Å². The number of amides is 1. The number of aryl methyl sites for hydroxylation is 1. The SMILES string of the molecule is O=C(NC1CCN(CCCOc2ccc3c4c(c(=O)oc3c2)CCCC4)CC1)c1ccc(F)cc1. The van der Waals surface area contributed by atoms with Gasteiger partial charge in [0, 0.05) is 48.3 Å². The predicted octanol–water partition coefficient (Wildman–Crippen LogP) is 4.47. The van der Waals surface area contributed by atoms with Gasteiger partial charge in [-0.1, -0.05) is 0 Å². The lowest BCUT2D eigenvalue weighted by atomic mass is 9.91. The summed E-state index contributed by atoms with van der Waals surface area (Å²) in [6.07, 6.45) is 6.57. The van der Waals surface area contributed by atoms with Crippen molar-refractivity contribution in [1.82, 2.24) is 10.2 Å². The molecule has 5 rings (SSSR count). The molecule has 184 valence electrons. The highest BCUT2D eigenvalue weighted by atomic mass is 19.1. The fourth-order valence-electron chi connectivity index (χ4n) is 5.16. The van der Waals surface area contributed by atoms with Crippen LogP contribution in [-0.2, 0) is 12.8 Å². The van der Waals surface area contributed by atoms with Gasteiger partial charge in [0.1, 0.15) is 17.1 Å². The Hall–Kier alpha value is -3.19. The topological polar surface area (TPSA) is 71.8 Å². The van der Waals surface area contributed by atoms with E-state index >= 15 is 0 Å². The van der Waals surface area contributed by atoms with Crippen molar-refractivity contribution in [2.75, 3.05) is 26.2 Å². The van der Waals surface area contributed by atoms with Gasteiger partial charge >= 0.3 is 5.63 Å². The van der Waals surface area contributed by atoms with Gasteiger partial charge < -0.3 is 19.4 Å². The van der Waals surface area contributed by atoms with Gasteiger partial charge in [-0.2, -0.15) is 0 Å². The van der Waals surface area contributed by atoms with Crippen LogP contribution in [0.1, 0.15) is 53.6 Å². The minimum absolute atomic E-state index is 0.137. The zero-order chi connectivity index (χ0) is 24.2. The molecule has 6 nitrogen and oxygen atoms in total. The molecule has 1 fully saturated rings. The van der Waals surface area contributed by atoms with E-state index in [-0.39, 0.29) is 23.4 Å². The van der Waals surface area contributed by atoms with E-state index in [0.717, 1.165) is 86.8 Å². The van der Waals surface area contributed by atoms with Crippen molar-refractivity contribution in [3.63, 3.8) is 0 Å². The van der Waals surface area contributed by atoms with E-state index in [1.807, 2.05) is 18.2 Å². The first-order chi connectivity index (χ1) is 17.1. The van der Waals surface area contributed by atoms with Gasteiger partial charge in [-0.15, -0.1) is 0 Å². The van der Waals surface area contributed by atoms with Crippen molar-refractivity contribution in [3.8, 4) is 5.75 Å². The number of likely N-dealkylation sites (tertiary alicyclic amines) is 1. The molecule has 2 heterocycles. The van der Waals surface area contributed by atoms with Crippen molar-refractivity contribution in [2.24, 2.45) is 0 Å². The maximum absolute atomic E-state index is 13.0. The van der Waals surface area contributed by atoms with Gasteiger partial charge in [0.05, 0.1) is 6.61 Å².